The molecule has 0 aliphatic heterocycles. The second kappa shape index (κ2) is 8.39. The zero-order chi connectivity index (χ0) is 13.4. The van der Waals surface area contributed by atoms with Crippen molar-refractivity contribution in [2.45, 2.75) is 32.2 Å². The summed E-state index contributed by atoms with van der Waals surface area (Å²) in [7, 11) is 1.60. The average molecular weight is 292 g/mol. The van der Waals surface area contributed by atoms with E-state index in [9.17, 15) is 4.79 Å². The molecule has 0 aliphatic rings. The lowest BCUT2D eigenvalue weighted by Crippen LogP contribution is -2.38. The fourth-order valence-corrected chi connectivity index (χ4v) is 2.44. The van der Waals surface area contributed by atoms with E-state index in [1.54, 1.807) is 7.11 Å². The molecule has 1 heterocycles. The van der Waals surface area contributed by atoms with Gasteiger partial charge in [0, 0.05) is 13.0 Å². The van der Waals surface area contributed by atoms with E-state index in [4.69, 9.17) is 16.3 Å². The number of carbonyl (C=O) groups is 1. The topological polar surface area (TPSA) is 64.1 Å². The number of hydrogen-bond donors (Lipinski definition) is 1. The minimum atomic E-state index is -0.138. The maximum atomic E-state index is 12.1. The van der Waals surface area contributed by atoms with Crippen LogP contribution in [0, 0.1) is 0 Å². The molecule has 1 atom stereocenters. The fraction of sp³-hybridized carbons (Fsp3) is 0.727. The van der Waals surface area contributed by atoms with Crippen LogP contribution in [0.5, 0.6) is 0 Å². The average Bonchev–Trinajstić information content (AvgIpc) is 2.78. The van der Waals surface area contributed by atoms with Gasteiger partial charge in [0.15, 0.2) is 0 Å². The Morgan fingerprint density at radius 1 is 1.61 bits per heavy atom. The van der Waals surface area contributed by atoms with Crippen molar-refractivity contribution >= 4 is 29.0 Å². The van der Waals surface area contributed by atoms with Crippen molar-refractivity contribution in [1.82, 2.24) is 14.9 Å². The molecule has 18 heavy (non-hydrogen) atoms. The highest BCUT2D eigenvalue weighted by Gasteiger charge is 2.19. The Morgan fingerprint density at radius 2 is 2.39 bits per heavy atom. The molecule has 102 valence electrons. The molecular formula is C11H18ClN3O2S. The number of aryl methyl sites for hydroxylation is 1. The van der Waals surface area contributed by atoms with Crippen molar-refractivity contribution in [3.63, 3.8) is 0 Å². The van der Waals surface area contributed by atoms with Gasteiger partial charge >= 0.3 is 0 Å². The molecule has 0 aliphatic carbocycles. The van der Waals surface area contributed by atoms with Crippen LogP contribution in [0.4, 0.5) is 0 Å². The van der Waals surface area contributed by atoms with Gasteiger partial charge in [-0.15, -0.1) is 16.7 Å². The summed E-state index contributed by atoms with van der Waals surface area (Å²) in [6, 6.07) is -0.0726. The van der Waals surface area contributed by atoms with Crippen LogP contribution in [-0.4, -0.2) is 41.1 Å². The van der Waals surface area contributed by atoms with Gasteiger partial charge in [-0.2, -0.15) is 0 Å². The van der Waals surface area contributed by atoms with Gasteiger partial charge in [-0.25, -0.2) is 0 Å². The van der Waals surface area contributed by atoms with Crippen LogP contribution < -0.4 is 5.32 Å². The highest BCUT2D eigenvalue weighted by Crippen LogP contribution is 2.13. The summed E-state index contributed by atoms with van der Waals surface area (Å²) >= 11 is 6.82. The number of alkyl halides is 1. The van der Waals surface area contributed by atoms with Gasteiger partial charge < -0.3 is 10.1 Å². The van der Waals surface area contributed by atoms with E-state index in [1.165, 1.54) is 0 Å². The summed E-state index contributed by atoms with van der Waals surface area (Å²) in [6.07, 6.45) is 2.38. The van der Waals surface area contributed by atoms with Gasteiger partial charge in [-0.1, -0.05) is 17.8 Å². The van der Waals surface area contributed by atoms with Gasteiger partial charge in [0.2, 0.25) is 0 Å². The Morgan fingerprint density at radius 3 is 3.00 bits per heavy atom. The van der Waals surface area contributed by atoms with E-state index >= 15 is 0 Å². The third-order valence-corrected chi connectivity index (χ3v) is 3.39. The zero-order valence-corrected chi connectivity index (χ0v) is 12.2. The Hall–Kier alpha value is -0.720. The monoisotopic (exact) mass is 291 g/mol. The van der Waals surface area contributed by atoms with Crippen molar-refractivity contribution in [2.24, 2.45) is 0 Å². The van der Waals surface area contributed by atoms with Crippen LogP contribution in [0.25, 0.3) is 0 Å². The number of hydrogen-bond acceptors (Lipinski definition) is 5. The Balaban J connectivity index is 2.64. The first-order valence-corrected chi connectivity index (χ1v) is 7.20. The second-order valence-corrected chi connectivity index (χ2v) is 5.03. The van der Waals surface area contributed by atoms with Crippen molar-refractivity contribution in [2.75, 3.05) is 19.6 Å². The summed E-state index contributed by atoms with van der Waals surface area (Å²) < 4.78 is 8.89. The number of amides is 1. The third-order valence-electron chi connectivity index (χ3n) is 2.41. The molecule has 7 heteroatoms. The summed E-state index contributed by atoms with van der Waals surface area (Å²) in [5.41, 5.74) is 0.766. The molecular weight excluding hydrogens is 274 g/mol. The lowest BCUT2D eigenvalue weighted by atomic mass is 10.2. The Labute approximate surface area is 116 Å². The van der Waals surface area contributed by atoms with Gasteiger partial charge in [0.05, 0.1) is 18.3 Å². The molecule has 0 saturated heterocycles. The first kappa shape index (κ1) is 15.3. The van der Waals surface area contributed by atoms with Crippen LogP contribution >= 0.6 is 23.1 Å². The van der Waals surface area contributed by atoms with E-state index in [0.29, 0.717) is 23.8 Å². The van der Waals surface area contributed by atoms with Crippen molar-refractivity contribution in [3.8, 4) is 0 Å². The van der Waals surface area contributed by atoms with Crippen LogP contribution in [0.15, 0.2) is 0 Å². The lowest BCUT2D eigenvalue weighted by molar-refractivity contribution is 0.0898. The first-order chi connectivity index (χ1) is 8.72. The van der Waals surface area contributed by atoms with E-state index in [2.05, 4.69) is 14.9 Å². The first-order valence-electron chi connectivity index (χ1n) is 5.89. The van der Waals surface area contributed by atoms with Crippen molar-refractivity contribution in [1.29, 1.82) is 0 Å². The molecule has 0 bridgehead atoms. The molecule has 0 aromatic carbocycles. The van der Waals surface area contributed by atoms with Gasteiger partial charge in [-0.3, -0.25) is 4.79 Å². The summed E-state index contributed by atoms with van der Waals surface area (Å²) in [6.45, 7) is 2.50. The van der Waals surface area contributed by atoms with E-state index in [0.717, 1.165) is 30.1 Å². The zero-order valence-electron chi connectivity index (χ0n) is 10.6. The SMILES string of the molecule is CCCc1nnsc1C(=O)NC(CCCl)COC. The maximum absolute atomic E-state index is 12.1. The maximum Gasteiger partial charge on any atom is 0.265 e. The molecule has 0 fully saturated rings. The Bertz CT molecular complexity index is 367. The summed E-state index contributed by atoms with van der Waals surface area (Å²) in [5, 5.41) is 6.88. The highest BCUT2D eigenvalue weighted by atomic mass is 35.5. The quantitative estimate of drug-likeness (QED) is 0.743. The van der Waals surface area contributed by atoms with Crippen LogP contribution in [0.1, 0.15) is 35.1 Å². The van der Waals surface area contributed by atoms with Gasteiger partial charge in [0.25, 0.3) is 5.91 Å². The molecule has 5 nitrogen and oxygen atoms in total. The number of carbonyl (C=O) groups excluding carboxylic acids is 1. The molecule has 1 rings (SSSR count). The lowest BCUT2D eigenvalue weighted by Gasteiger charge is -2.16. The summed E-state index contributed by atoms with van der Waals surface area (Å²) in [5.74, 6) is 0.345. The number of halogens is 1. The molecule has 0 saturated carbocycles. The molecule has 1 unspecified atom stereocenters. The highest BCUT2D eigenvalue weighted by molar-refractivity contribution is 7.08. The fourth-order valence-electron chi connectivity index (χ4n) is 1.56. The number of nitrogens with zero attached hydrogens (tertiary/aromatic N) is 2. The molecule has 1 N–H and O–H groups in total. The minimum absolute atomic E-state index is 0.0726. The van der Waals surface area contributed by atoms with E-state index < -0.39 is 0 Å². The standard InChI is InChI=1S/C11H18ClN3O2S/c1-3-4-9-10(18-15-14-9)11(16)13-8(5-6-12)7-17-2/h8H,3-7H2,1-2H3,(H,13,16). The Kier molecular flexibility index (Phi) is 7.15. The normalized spacial score (nSPS) is 12.4. The number of rotatable bonds is 8. The number of aromatic nitrogens is 2. The largest absolute Gasteiger partial charge is 0.383 e. The van der Waals surface area contributed by atoms with Crippen LogP contribution in [0.2, 0.25) is 0 Å². The van der Waals surface area contributed by atoms with Crippen molar-refractivity contribution in [3.05, 3.63) is 10.6 Å². The second-order valence-electron chi connectivity index (χ2n) is 3.90. The molecule has 0 spiro atoms. The smallest absolute Gasteiger partial charge is 0.265 e. The van der Waals surface area contributed by atoms with E-state index in [1.807, 2.05) is 6.92 Å². The van der Waals surface area contributed by atoms with Crippen LogP contribution in [0.3, 0.4) is 0 Å². The molecule has 1 amide bonds. The van der Waals surface area contributed by atoms with Crippen molar-refractivity contribution < 1.29 is 9.53 Å². The van der Waals surface area contributed by atoms with Gasteiger partial charge in [0.1, 0.15) is 4.88 Å². The number of ether oxygens (including phenoxy) is 1. The minimum Gasteiger partial charge on any atom is -0.383 e. The number of nitrogens with one attached hydrogen (secondary N) is 1. The molecule has 0 radical (unpaired) electrons. The summed E-state index contributed by atoms with van der Waals surface area (Å²) in [4.78, 5) is 12.7. The molecule has 1 aromatic rings. The predicted molar refractivity (Wildman–Crippen MR) is 72.4 cm³/mol. The van der Waals surface area contributed by atoms with Gasteiger partial charge in [-0.05, 0) is 24.4 Å². The van der Waals surface area contributed by atoms with Crippen LogP contribution in [-0.2, 0) is 11.2 Å². The third kappa shape index (κ3) is 4.51. The van der Waals surface area contributed by atoms with E-state index in [-0.39, 0.29) is 11.9 Å². The predicted octanol–water partition coefficient (Wildman–Crippen LogP) is 1.86. The number of methoxy groups -OCH3 is 1. The molecule has 1 aromatic heterocycles.